The van der Waals surface area contributed by atoms with Crippen LogP contribution in [0.15, 0.2) is 0 Å². The van der Waals surface area contributed by atoms with E-state index in [0.29, 0.717) is 32.0 Å². The van der Waals surface area contributed by atoms with Crippen molar-refractivity contribution in [3.8, 4) is 0 Å². The number of carbonyl (C=O) groups excluding carboxylic acids is 1. The summed E-state index contributed by atoms with van der Waals surface area (Å²) in [5.74, 6) is -0.496. The van der Waals surface area contributed by atoms with Gasteiger partial charge in [0.25, 0.3) is 0 Å². The summed E-state index contributed by atoms with van der Waals surface area (Å²) in [6, 6.07) is 0. The van der Waals surface area contributed by atoms with Crippen LogP contribution in [0.25, 0.3) is 0 Å². The van der Waals surface area contributed by atoms with Crippen LogP contribution >= 0.6 is 0 Å². The van der Waals surface area contributed by atoms with Crippen molar-refractivity contribution >= 4 is 11.9 Å². The molecule has 0 aliphatic carbocycles. The van der Waals surface area contributed by atoms with Crippen molar-refractivity contribution in [2.75, 3.05) is 19.7 Å². The molecular formula is C14H25NO4. The Morgan fingerprint density at radius 1 is 1.42 bits per heavy atom. The smallest absolute Gasteiger partial charge is 0.306 e. The Balaban J connectivity index is 2.50. The molecule has 5 nitrogen and oxygen atoms in total. The summed E-state index contributed by atoms with van der Waals surface area (Å²) in [5.41, 5.74) is 0.0996. The highest BCUT2D eigenvalue weighted by Gasteiger charge is 2.29. The third kappa shape index (κ3) is 5.19. The van der Waals surface area contributed by atoms with E-state index >= 15 is 0 Å². The van der Waals surface area contributed by atoms with Crippen LogP contribution in [0.5, 0.6) is 0 Å². The van der Waals surface area contributed by atoms with E-state index in [2.05, 4.69) is 27.7 Å². The number of morpholine rings is 1. The van der Waals surface area contributed by atoms with Crippen molar-refractivity contribution in [2.24, 2.45) is 11.3 Å². The second-order valence-electron chi connectivity index (χ2n) is 6.40. The summed E-state index contributed by atoms with van der Waals surface area (Å²) in [6.07, 6.45) is 0.0853. The molecule has 2 atom stereocenters. The van der Waals surface area contributed by atoms with Crippen molar-refractivity contribution in [1.82, 2.24) is 4.90 Å². The first-order chi connectivity index (χ1) is 8.70. The maximum Gasteiger partial charge on any atom is 0.306 e. The molecular weight excluding hydrogens is 246 g/mol. The van der Waals surface area contributed by atoms with Gasteiger partial charge < -0.3 is 14.7 Å². The average Bonchev–Trinajstić information content (AvgIpc) is 2.27. The molecule has 0 aromatic rings. The Hall–Kier alpha value is -1.10. The summed E-state index contributed by atoms with van der Waals surface area (Å²) < 4.78 is 5.37. The summed E-state index contributed by atoms with van der Waals surface area (Å²) in [5, 5.41) is 8.76. The van der Waals surface area contributed by atoms with Gasteiger partial charge in [0, 0.05) is 19.5 Å². The second-order valence-corrected chi connectivity index (χ2v) is 6.40. The normalized spacial score (nSPS) is 22.1. The molecule has 0 aromatic carbocycles. The zero-order chi connectivity index (χ0) is 14.6. The first kappa shape index (κ1) is 16.0. The van der Waals surface area contributed by atoms with Crippen molar-refractivity contribution in [2.45, 2.75) is 46.6 Å². The number of rotatable bonds is 4. The number of aliphatic carboxylic acids is 1. The molecule has 1 heterocycles. The highest BCUT2D eigenvalue weighted by atomic mass is 16.5. The Bertz CT molecular complexity index is 335. The first-order valence-corrected chi connectivity index (χ1v) is 6.81. The minimum absolute atomic E-state index is 0.0431. The molecule has 1 rings (SSSR count). The largest absolute Gasteiger partial charge is 0.481 e. The van der Waals surface area contributed by atoms with Crippen molar-refractivity contribution in [1.29, 1.82) is 0 Å². The SMILES string of the molecule is CC(CC(=O)N1CCOC(CC(=O)O)C1)C(C)(C)C. The average molecular weight is 271 g/mol. The molecule has 0 bridgehead atoms. The Labute approximate surface area is 114 Å². The van der Waals surface area contributed by atoms with Gasteiger partial charge in [0.05, 0.1) is 19.1 Å². The van der Waals surface area contributed by atoms with Gasteiger partial charge in [-0.1, -0.05) is 27.7 Å². The summed E-state index contributed by atoms with van der Waals surface area (Å²) in [7, 11) is 0. The van der Waals surface area contributed by atoms with E-state index in [1.54, 1.807) is 4.90 Å². The van der Waals surface area contributed by atoms with E-state index < -0.39 is 5.97 Å². The van der Waals surface area contributed by atoms with Gasteiger partial charge in [-0.3, -0.25) is 9.59 Å². The summed E-state index contributed by atoms with van der Waals surface area (Å²) in [6.45, 7) is 9.82. The van der Waals surface area contributed by atoms with Crippen molar-refractivity contribution < 1.29 is 19.4 Å². The Morgan fingerprint density at radius 2 is 2.05 bits per heavy atom. The fourth-order valence-electron chi connectivity index (χ4n) is 1.96. The third-order valence-electron chi connectivity index (χ3n) is 3.85. The van der Waals surface area contributed by atoms with E-state index in [4.69, 9.17) is 9.84 Å². The number of hydrogen-bond donors (Lipinski definition) is 1. The zero-order valence-electron chi connectivity index (χ0n) is 12.3. The molecule has 19 heavy (non-hydrogen) atoms. The van der Waals surface area contributed by atoms with E-state index in [-0.39, 0.29) is 23.8 Å². The van der Waals surface area contributed by atoms with Gasteiger partial charge in [0.15, 0.2) is 0 Å². The minimum Gasteiger partial charge on any atom is -0.481 e. The van der Waals surface area contributed by atoms with E-state index in [9.17, 15) is 9.59 Å². The number of ether oxygens (including phenoxy) is 1. The molecule has 2 unspecified atom stereocenters. The number of nitrogens with zero attached hydrogens (tertiary/aromatic N) is 1. The molecule has 0 spiro atoms. The number of carbonyl (C=O) groups is 2. The molecule has 1 aliphatic rings. The quantitative estimate of drug-likeness (QED) is 0.846. The standard InChI is InChI=1S/C14H25NO4/c1-10(14(2,3)4)7-12(16)15-5-6-19-11(9-15)8-13(17)18/h10-11H,5-9H2,1-4H3,(H,17,18). The highest BCUT2D eigenvalue weighted by Crippen LogP contribution is 2.28. The fraction of sp³-hybridized carbons (Fsp3) is 0.857. The maximum atomic E-state index is 12.2. The lowest BCUT2D eigenvalue weighted by Gasteiger charge is -2.34. The number of amides is 1. The lowest BCUT2D eigenvalue weighted by atomic mass is 9.80. The predicted octanol–water partition coefficient (Wildman–Crippen LogP) is 1.76. The monoisotopic (exact) mass is 271 g/mol. The Kier molecular flexibility index (Phi) is 5.35. The van der Waals surface area contributed by atoms with Crippen LogP contribution in [0.4, 0.5) is 0 Å². The van der Waals surface area contributed by atoms with Crippen LogP contribution in [0.2, 0.25) is 0 Å². The topological polar surface area (TPSA) is 66.8 Å². The van der Waals surface area contributed by atoms with Crippen LogP contribution in [0, 0.1) is 11.3 Å². The van der Waals surface area contributed by atoms with Crippen LogP contribution in [0.1, 0.15) is 40.5 Å². The molecule has 1 amide bonds. The molecule has 0 saturated carbocycles. The molecule has 1 N–H and O–H groups in total. The second kappa shape index (κ2) is 6.37. The van der Waals surface area contributed by atoms with Gasteiger partial charge in [-0.15, -0.1) is 0 Å². The van der Waals surface area contributed by atoms with Gasteiger partial charge >= 0.3 is 5.97 Å². The third-order valence-corrected chi connectivity index (χ3v) is 3.85. The van der Waals surface area contributed by atoms with Crippen molar-refractivity contribution in [3.05, 3.63) is 0 Å². The predicted molar refractivity (Wildman–Crippen MR) is 71.8 cm³/mol. The van der Waals surface area contributed by atoms with Gasteiger partial charge in [-0.2, -0.15) is 0 Å². The van der Waals surface area contributed by atoms with Gasteiger partial charge in [0.2, 0.25) is 5.91 Å². The van der Waals surface area contributed by atoms with Gasteiger partial charge in [-0.05, 0) is 11.3 Å². The van der Waals surface area contributed by atoms with Gasteiger partial charge in [0.1, 0.15) is 0 Å². The number of carboxylic acids is 1. The van der Waals surface area contributed by atoms with E-state index in [0.717, 1.165) is 0 Å². The number of hydrogen-bond acceptors (Lipinski definition) is 3. The molecule has 1 aliphatic heterocycles. The molecule has 1 saturated heterocycles. The fourth-order valence-corrected chi connectivity index (χ4v) is 1.96. The molecule has 1 fully saturated rings. The lowest BCUT2D eigenvalue weighted by molar-refractivity contribution is -0.148. The molecule has 0 radical (unpaired) electrons. The summed E-state index contributed by atoms with van der Waals surface area (Å²) >= 11 is 0. The van der Waals surface area contributed by atoms with E-state index in [1.165, 1.54) is 0 Å². The summed E-state index contributed by atoms with van der Waals surface area (Å²) in [4.78, 5) is 24.6. The van der Waals surface area contributed by atoms with Crippen LogP contribution in [0.3, 0.4) is 0 Å². The zero-order valence-corrected chi connectivity index (χ0v) is 12.3. The Morgan fingerprint density at radius 3 is 2.58 bits per heavy atom. The number of carboxylic acid groups (broad SMARTS) is 1. The van der Waals surface area contributed by atoms with Crippen LogP contribution < -0.4 is 0 Å². The maximum absolute atomic E-state index is 12.2. The van der Waals surface area contributed by atoms with Crippen LogP contribution in [-0.2, 0) is 14.3 Å². The molecule has 0 aromatic heterocycles. The van der Waals surface area contributed by atoms with Crippen molar-refractivity contribution in [3.63, 3.8) is 0 Å². The lowest BCUT2D eigenvalue weighted by Crippen LogP contribution is -2.47. The van der Waals surface area contributed by atoms with Crippen LogP contribution in [-0.4, -0.2) is 47.7 Å². The first-order valence-electron chi connectivity index (χ1n) is 6.81. The highest BCUT2D eigenvalue weighted by molar-refractivity contribution is 5.76. The van der Waals surface area contributed by atoms with E-state index in [1.807, 2.05) is 0 Å². The molecule has 5 heteroatoms. The minimum atomic E-state index is -0.887. The van der Waals surface area contributed by atoms with Gasteiger partial charge in [-0.25, -0.2) is 0 Å². The molecule has 110 valence electrons.